The highest BCUT2D eigenvalue weighted by Gasteiger charge is 2.05. The Balaban J connectivity index is 1.99. The lowest BCUT2D eigenvalue weighted by atomic mass is 10.1. The molecular formula is C17H15N3O. The van der Waals surface area contributed by atoms with Crippen LogP contribution in [0.15, 0.2) is 65.5 Å². The lowest BCUT2D eigenvalue weighted by molar-refractivity contribution is 0.950. The van der Waals surface area contributed by atoms with E-state index >= 15 is 0 Å². The standard InChI is InChI=1S/C17H15N3O/c18-14-8-4-7-13(10-14)15-11-17(21)20-16(19-15)9-12-5-2-1-3-6-12/h1-8,10-11H,9,18H2,(H,19,20,21). The lowest BCUT2D eigenvalue weighted by Crippen LogP contribution is -2.11. The van der Waals surface area contributed by atoms with Gasteiger partial charge in [-0.25, -0.2) is 4.98 Å². The molecule has 2 aromatic carbocycles. The molecule has 3 aromatic rings. The van der Waals surface area contributed by atoms with Crippen molar-refractivity contribution in [2.45, 2.75) is 6.42 Å². The number of hydrogen-bond donors (Lipinski definition) is 2. The normalized spacial score (nSPS) is 10.5. The molecule has 0 aliphatic heterocycles. The van der Waals surface area contributed by atoms with Crippen LogP contribution < -0.4 is 11.3 Å². The van der Waals surface area contributed by atoms with E-state index in [4.69, 9.17) is 5.73 Å². The number of nitrogens with two attached hydrogens (primary N) is 1. The first kappa shape index (κ1) is 13.1. The van der Waals surface area contributed by atoms with Crippen molar-refractivity contribution >= 4 is 5.69 Å². The molecule has 4 nitrogen and oxygen atoms in total. The number of hydrogen-bond acceptors (Lipinski definition) is 3. The maximum absolute atomic E-state index is 11.8. The van der Waals surface area contributed by atoms with Crippen LogP contribution in [0.25, 0.3) is 11.3 Å². The van der Waals surface area contributed by atoms with E-state index in [0.29, 0.717) is 23.6 Å². The molecule has 21 heavy (non-hydrogen) atoms. The summed E-state index contributed by atoms with van der Waals surface area (Å²) in [7, 11) is 0. The van der Waals surface area contributed by atoms with E-state index in [2.05, 4.69) is 9.97 Å². The molecule has 1 heterocycles. The zero-order valence-electron chi connectivity index (χ0n) is 11.4. The number of anilines is 1. The predicted octanol–water partition coefficient (Wildman–Crippen LogP) is 2.61. The summed E-state index contributed by atoms with van der Waals surface area (Å²) in [5.41, 5.74) is 8.86. The smallest absolute Gasteiger partial charge is 0.251 e. The zero-order valence-corrected chi connectivity index (χ0v) is 11.4. The van der Waals surface area contributed by atoms with E-state index in [-0.39, 0.29) is 5.56 Å². The second-order valence-electron chi connectivity index (χ2n) is 4.87. The van der Waals surface area contributed by atoms with Gasteiger partial charge in [0.05, 0.1) is 5.69 Å². The molecule has 104 valence electrons. The molecule has 1 aromatic heterocycles. The molecule has 0 bridgehead atoms. The SMILES string of the molecule is Nc1cccc(-c2cc(=O)[nH]c(Cc3ccccc3)n2)c1. The maximum atomic E-state index is 11.8. The Hall–Kier alpha value is -2.88. The van der Waals surface area contributed by atoms with Gasteiger partial charge in [-0.3, -0.25) is 4.79 Å². The summed E-state index contributed by atoms with van der Waals surface area (Å²) in [5, 5.41) is 0. The van der Waals surface area contributed by atoms with Crippen molar-refractivity contribution < 1.29 is 0 Å². The van der Waals surface area contributed by atoms with Crippen LogP contribution in [0.3, 0.4) is 0 Å². The van der Waals surface area contributed by atoms with Gasteiger partial charge in [0, 0.05) is 23.7 Å². The van der Waals surface area contributed by atoms with Gasteiger partial charge in [0.15, 0.2) is 0 Å². The van der Waals surface area contributed by atoms with Crippen molar-refractivity contribution in [1.29, 1.82) is 0 Å². The summed E-state index contributed by atoms with van der Waals surface area (Å²) < 4.78 is 0. The fourth-order valence-electron chi connectivity index (χ4n) is 2.23. The first-order valence-electron chi connectivity index (χ1n) is 6.71. The van der Waals surface area contributed by atoms with Crippen molar-refractivity contribution in [2.75, 3.05) is 5.73 Å². The number of nitrogens with one attached hydrogen (secondary N) is 1. The molecule has 0 radical (unpaired) electrons. The zero-order chi connectivity index (χ0) is 14.7. The first-order valence-corrected chi connectivity index (χ1v) is 6.71. The van der Waals surface area contributed by atoms with Crippen LogP contribution in [0.2, 0.25) is 0 Å². The molecular weight excluding hydrogens is 262 g/mol. The monoisotopic (exact) mass is 277 g/mol. The highest BCUT2D eigenvalue weighted by molar-refractivity contribution is 5.63. The number of H-pyrrole nitrogens is 1. The Labute approximate surface area is 122 Å². The van der Waals surface area contributed by atoms with Gasteiger partial charge in [0.2, 0.25) is 0 Å². The molecule has 0 amide bonds. The fraction of sp³-hybridized carbons (Fsp3) is 0.0588. The summed E-state index contributed by atoms with van der Waals surface area (Å²) >= 11 is 0. The first-order chi connectivity index (χ1) is 10.2. The van der Waals surface area contributed by atoms with Crippen LogP contribution >= 0.6 is 0 Å². The predicted molar refractivity (Wildman–Crippen MR) is 84.0 cm³/mol. The van der Waals surface area contributed by atoms with E-state index < -0.39 is 0 Å². The van der Waals surface area contributed by atoms with Crippen LogP contribution in [0, 0.1) is 0 Å². The fourth-order valence-corrected chi connectivity index (χ4v) is 2.23. The summed E-state index contributed by atoms with van der Waals surface area (Å²) in [6, 6.07) is 18.8. The summed E-state index contributed by atoms with van der Waals surface area (Å²) in [6.45, 7) is 0. The maximum Gasteiger partial charge on any atom is 0.251 e. The molecule has 4 heteroatoms. The number of aromatic amines is 1. The molecule has 0 aliphatic carbocycles. The molecule has 0 atom stereocenters. The van der Waals surface area contributed by atoms with Crippen LogP contribution in [0.4, 0.5) is 5.69 Å². The Bertz CT molecular complexity index is 810. The molecule has 0 aliphatic rings. The van der Waals surface area contributed by atoms with Gasteiger partial charge >= 0.3 is 0 Å². The van der Waals surface area contributed by atoms with Crippen LogP contribution in [0.5, 0.6) is 0 Å². The summed E-state index contributed by atoms with van der Waals surface area (Å²) in [5.74, 6) is 0.645. The molecule has 0 fully saturated rings. The second-order valence-corrected chi connectivity index (χ2v) is 4.87. The van der Waals surface area contributed by atoms with Crippen LogP contribution in [0.1, 0.15) is 11.4 Å². The van der Waals surface area contributed by atoms with E-state index in [1.165, 1.54) is 6.07 Å². The molecule has 3 rings (SSSR count). The van der Waals surface area contributed by atoms with E-state index in [1.54, 1.807) is 0 Å². The highest BCUT2D eigenvalue weighted by atomic mass is 16.1. The minimum absolute atomic E-state index is 0.159. The van der Waals surface area contributed by atoms with E-state index in [9.17, 15) is 4.79 Å². The van der Waals surface area contributed by atoms with E-state index in [0.717, 1.165) is 11.1 Å². The number of nitrogens with zero attached hydrogens (tertiary/aromatic N) is 1. The molecule has 3 N–H and O–H groups in total. The third-order valence-electron chi connectivity index (χ3n) is 3.19. The third kappa shape index (κ3) is 3.17. The Kier molecular flexibility index (Phi) is 3.51. The second kappa shape index (κ2) is 5.63. The van der Waals surface area contributed by atoms with E-state index in [1.807, 2.05) is 54.6 Å². The van der Waals surface area contributed by atoms with Crippen molar-refractivity contribution in [3.8, 4) is 11.3 Å². The Morgan fingerprint density at radius 2 is 1.81 bits per heavy atom. The van der Waals surface area contributed by atoms with Crippen molar-refractivity contribution in [2.24, 2.45) is 0 Å². The Morgan fingerprint density at radius 1 is 1.00 bits per heavy atom. The largest absolute Gasteiger partial charge is 0.399 e. The van der Waals surface area contributed by atoms with Gasteiger partial charge in [0.25, 0.3) is 5.56 Å². The van der Waals surface area contributed by atoms with Gasteiger partial charge in [-0.05, 0) is 17.7 Å². The highest BCUT2D eigenvalue weighted by Crippen LogP contribution is 2.18. The van der Waals surface area contributed by atoms with Gasteiger partial charge in [-0.15, -0.1) is 0 Å². The number of aromatic nitrogens is 2. The van der Waals surface area contributed by atoms with Gasteiger partial charge in [-0.1, -0.05) is 42.5 Å². The van der Waals surface area contributed by atoms with Gasteiger partial charge < -0.3 is 10.7 Å². The van der Waals surface area contributed by atoms with Gasteiger partial charge in [0.1, 0.15) is 5.82 Å². The minimum Gasteiger partial charge on any atom is -0.399 e. The molecule has 0 saturated heterocycles. The summed E-state index contributed by atoms with van der Waals surface area (Å²) in [6.07, 6.45) is 0.590. The number of rotatable bonds is 3. The Morgan fingerprint density at radius 3 is 2.57 bits per heavy atom. The molecule has 0 spiro atoms. The quantitative estimate of drug-likeness (QED) is 0.723. The lowest BCUT2D eigenvalue weighted by Gasteiger charge is -2.05. The average Bonchev–Trinajstić information content (AvgIpc) is 2.48. The number of nitrogen functional groups attached to an aromatic ring is 1. The topological polar surface area (TPSA) is 71.8 Å². The summed E-state index contributed by atoms with van der Waals surface area (Å²) in [4.78, 5) is 19.1. The van der Waals surface area contributed by atoms with Crippen LogP contribution in [-0.4, -0.2) is 9.97 Å². The third-order valence-corrected chi connectivity index (χ3v) is 3.19. The van der Waals surface area contributed by atoms with Crippen LogP contribution in [-0.2, 0) is 6.42 Å². The van der Waals surface area contributed by atoms with Gasteiger partial charge in [-0.2, -0.15) is 0 Å². The average molecular weight is 277 g/mol. The van der Waals surface area contributed by atoms with Crippen molar-refractivity contribution in [3.63, 3.8) is 0 Å². The molecule has 0 unspecified atom stereocenters. The minimum atomic E-state index is -0.159. The molecule has 0 saturated carbocycles. The number of benzene rings is 2. The van der Waals surface area contributed by atoms with Crippen molar-refractivity contribution in [3.05, 3.63) is 82.4 Å². The van der Waals surface area contributed by atoms with Crippen molar-refractivity contribution in [1.82, 2.24) is 9.97 Å².